The second kappa shape index (κ2) is 7.21. The third-order valence-electron chi connectivity index (χ3n) is 3.57. The van der Waals surface area contributed by atoms with Gasteiger partial charge in [-0.3, -0.25) is 15.0 Å². The quantitative estimate of drug-likeness (QED) is 0.900. The smallest absolute Gasteiger partial charge is 0.243 e. The van der Waals surface area contributed by atoms with Crippen LogP contribution in [0.3, 0.4) is 0 Å². The van der Waals surface area contributed by atoms with Crippen LogP contribution in [-0.4, -0.2) is 52.1 Å². The molecule has 1 unspecified atom stereocenters. The highest BCUT2D eigenvalue weighted by Gasteiger charge is 2.26. The summed E-state index contributed by atoms with van der Waals surface area (Å²) in [4.78, 5) is 14.4. The first kappa shape index (κ1) is 14.7. The van der Waals surface area contributed by atoms with E-state index in [1.54, 1.807) is 5.51 Å². The molecule has 2 rings (SSSR count). The number of hydrogen-bond acceptors (Lipinski definition) is 6. The number of anilines is 1. The molecular weight excluding hydrogens is 280 g/mol. The highest BCUT2D eigenvalue weighted by molar-refractivity contribution is 7.98. The first-order chi connectivity index (χ1) is 9.20. The summed E-state index contributed by atoms with van der Waals surface area (Å²) < 4.78 is 0. The fourth-order valence-corrected chi connectivity index (χ4v) is 3.60. The lowest BCUT2D eigenvalue weighted by molar-refractivity contribution is -0.121. The lowest BCUT2D eigenvalue weighted by Gasteiger charge is -2.34. The maximum absolute atomic E-state index is 12.1. The Morgan fingerprint density at radius 3 is 2.95 bits per heavy atom. The molecule has 0 bridgehead atoms. The van der Waals surface area contributed by atoms with Gasteiger partial charge in [0.25, 0.3) is 0 Å². The van der Waals surface area contributed by atoms with E-state index >= 15 is 0 Å². The molecule has 1 amide bonds. The van der Waals surface area contributed by atoms with Crippen molar-refractivity contribution in [2.45, 2.75) is 25.8 Å². The minimum atomic E-state index is -0.0980. The molecule has 0 radical (unpaired) electrons. The van der Waals surface area contributed by atoms with Crippen molar-refractivity contribution in [2.75, 3.05) is 30.4 Å². The standard InChI is InChI=1S/C12H20N4OS2/c1-9(11(17)14-12-15-13-8-19-12)16-5-3-10(4-6-16)7-18-2/h8-10H,3-7H2,1-2H3,(H,14,15,17). The van der Waals surface area contributed by atoms with E-state index in [1.165, 1.54) is 29.9 Å². The fraction of sp³-hybridized carbons (Fsp3) is 0.750. The first-order valence-electron chi connectivity index (χ1n) is 6.50. The molecule has 1 aromatic rings. The average molecular weight is 300 g/mol. The molecular formula is C12H20N4OS2. The molecule has 5 nitrogen and oxygen atoms in total. The van der Waals surface area contributed by atoms with Crippen molar-refractivity contribution in [1.29, 1.82) is 0 Å². The molecule has 1 atom stereocenters. The van der Waals surface area contributed by atoms with Gasteiger partial charge in [0.1, 0.15) is 5.51 Å². The predicted molar refractivity (Wildman–Crippen MR) is 80.7 cm³/mol. The molecule has 1 fully saturated rings. The Kier molecular flexibility index (Phi) is 5.59. The minimum Gasteiger partial charge on any atom is -0.299 e. The number of rotatable bonds is 5. The predicted octanol–water partition coefficient (Wildman–Crippen LogP) is 1.94. The van der Waals surface area contributed by atoms with Gasteiger partial charge in [0.15, 0.2) is 0 Å². The molecule has 1 aliphatic rings. The van der Waals surface area contributed by atoms with Crippen LogP contribution in [0.25, 0.3) is 0 Å². The van der Waals surface area contributed by atoms with Gasteiger partial charge >= 0.3 is 0 Å². The molecule has 7 heteroatoms. The Morgan fingerprint density at radius 1 is 1.63 bits per heavy atom. The molecule has 106 valence electrons. The number of nitrogens with zero attached hydrogens (tertiary/aromatic N) is 3. The molecule has 0 aromatic carbocycles. The maximum Gasteiger partial charge on any atom is 0.243 e. The van der Waals surface area contributed by atoms with Gasteiger partial charge in [0.05, 0.1) is 6.04 Å². The second-order valence-electron chi connectivity index (χ2n) is 4.84. The van der Waals surface area contributed by atoms with Crippen molar-refractivity contribution in [3.05, 3.63) is 5.51 Å². The number of likely N-dealkylation sites (tertiary alicyclic amines) is 1. The van der Waals surface area contributed by atoms with E-state index in [1.807, 2.05) is 18.7 Å². The van der Waals surface area contributed by atoms with E-state index in [0.29, 0.717) is 5.13 Å². The lowest BCUT2D eigenvalue weighted by atomic mass is 9.98. The number of carbonyl (C=O) groups excluding carboxylic acids is 1. The van der Waals surface area contributed by atoms with E-state index in [0.717, 1.165) is 19.0 Å². The van der Waals surface area contributed by atoms with Gasteiger partial charge in [-0.15, -0.1) is 10.2 Å². The van der Waals surface area contributed by atoms with Crippen molar-refractivity contribution in [2.24, 2.45) is 5.92 Å². The number of carbonyl (C=O) groups is 1. The van der Waals surface area contributed by atoms with Crippen molar-refractivity contribution in [1.82, 2.24) is 15.1 Å². The van der Waals surface area contributed by atoms with Gasteiger partial charge in [0, 0.05) is 0 Å². The summed E-state index contributed by atoms with van der Waals surface area (Å²) in [6, 6.07) is -0.0980. The van der Waals surface area contributed by atoms with Crippen molar-refractivity contribution in [3.8, 4) is 0 Å². The van der Waals surface area contributed by atoms with Gasteiger partial charge in [-0.1, -0.05) is 11.3 Å². The Bertz CT molecular complexity index is 390. The third kappa shape index (κ3) is 4.15. The molecule has 1 aromatic heterocycles. The third-order valence-corrected chi connectivity index (χ3v) is 4.98. The summed E-state index contributed by atoms with van der Waals surface area (Å²) in [7, 11) is 0. The summed E-state index contributed by atoms with van der Waals surface area (Å²) in [5.41, 5.74) is 1.62. The van der Waals surface area contributed by atoms with Gasteiger partial charge < -0.3 is 0 Å². The molecule has 0 spiro atoms. The van der Waals surface area contributed by atoms with Crippen LogP contribution in [0.5, 0.6) is 0 Å². The van der Waals surface area contributed by atoms with Crippen LogP contribution < -0.4 is 5.32 Å². The number of hydrogen-bond donors (Lipinski definition) is 1. The van der Waals surface area contributed by atoms with Gasteiger partial charge in [-0.05, 0) is 50.8 Å². The zero-order valence-corrected chi connectivity index (χ0v) is 13.0. The summed E-state index contributed by atoms with van der Waals surface area (Å²) in [6.45, 7) is 3.98. The maximum atomic E-state index is 12.1. The molecule has 2 heterocycles. The largest absolute Gasteiger partial charge is 0.299 e. The van der Waals surface area contributed by atoms with Crippen LogP contribution in [0.4, 0.5) is 5.13 Å². The number of amides is 1. The number of nitrogens with one attached hydrogen (secondary N) is 1. The van der Waals surface area contributed by atoms with Crippen LogP contribution >= 0.6 is 23.1 Å². The van der Waals surface area contributed by atoms with Gasteiger partial charge in [-0.25, -0.2) is 0 Å². The second-order valence-corrected chi connectivity index (χ2v) is 6.59. The zero-order chi connectivity index (χ0) is 13.7. The molecule has 1 aliphatic heterocycles. The SMILES string of the molecule is CSCC1CCN(C(C)C(=O)Nc2nncs2)CC1. The highest BCUT2D eigenvalue weighted by Crippen LogP contribution is 2.22. The van der Waals surface area contributed by atoms with Crippen LogP contribution in [0.2, 0.25) is 0 Å². The Morgan fingerprint density at radius 2 is 2.37 bits per heavy atom. The van der Waals surface area contributed by atoms with Gasteiger partial charge in [0.2, 0.25) is 11.0 Å². The van der Waals surface area contributed by atoms with Crippen LogP contribution in [0.1, 0.15) is 19.8 Å². The molecule has 0 aliphatic carbocycles. The summed E-state index contributed by atoms with van der Waals surface area (Å²) in [6.07, 6.45) is 4.54. The molecule has 0 saturated carbocycles. The van der Waals surface area contributed by atoms with E-state index < -0.39 is 0 Å². The van der Waals surface area contributed by atoms with E-state index in [-0.39, 0.29) is 11.9 Å². The Labute approximate surface area is 122 Å². The highest BCUT2D eigenvalue weighted by atomic mass is 32.2. The van der Waals surface area contributed by atoms with Crippen molar-refractivity contribution < 1.29 is 4.79 Å². The molecule has 19 heavy (non-hydrogen) atoms. The average Bonchev–Trinajstić information content (AvgIpc) is 2.92. The normalized spacial score (nSPS) is 19.3. The van der Waals surface area contributed by atoms with Crippen LogP contribution in [0, 0.1) is 5.92 Å². The number of thioether (sulfide) groups is 1. The van der Waals surface area contributed by atoms with E-state index in [4.69, 9.17) is 0 Å². The van der Waals surface area contributed by atoms with Crippen LogP contribution in [0.15, 0.2) is 5.51 Å². The first-order valence-corrected chi connectivity index (χ1v) is 8.78. The topological polar surface area (TPSA) is 58.1 Å². The number of aromatic nitrogens is 2. The minimum absolute atomic E-state index is 0.0140. The summed E-state index contributed by atoms with van der Waals surface area (Å²) >= 11 is 3.26. The fourth-order valence-electron chi connectivity index (χ4n) is 2.35. The van der Waals surface area contributed by atoms with Gasteiger partial charge in [-0.2, -0.15) is 11.8 Å². The lowest BCUT2D eigenvalue weighted by Crippen LogP contribution is -2.46. The summed E-state index contributed by atoms with van der Waals surface area (Å²) in [5.74, 6) is 2.06. The van der Waals surface area contributed by atoms with E-state index in [2.05, 4.69) is 26.7 Å². The monoisotopic (exact) mass is 300 g/mol. The van der Waals surface area contributed by atoms with Crippen molar-refractivity contribution in [3.63, 3.8) is 0 Å². The van der Waals surface area contributed by atoms with Crippen molar-refractivity contribution >= 4 is 34.1 Å². The molecule has 1 N–H and O–H groups in total. The number of piperidine rings is 1. The summed E-state index contributed by atoms with van der Waals surface area (Å²) in [5, 5.41) is 10.9. The Balaban J connectivity index is 1.80. The van der Waals surface area contributed by atoms with Crippen LogP contribution in [-0.2, 0) is 4.79 Å². The molecule has 1 saturated heterocycles. The Hall–Kier alpha value is -0.660. The zero-order valence-electron chi connectivity index (χ0n) is 11.3. The van der Waals surface area contributed by atoms with E-state index in [9.17, 15) is 4.79 Å².